The van der Waals surface area contributed by atoms with Crippen LogP contribution < -0.4 is 44.4 Å². The van der Waals surface area contributed by atoms with Gasteiger partial charge in [-0.15, -0.1) is 0 Å². The average molecular weight is 1030 g/mol. The molecule has 6 aromatic rings. The third-order valence-electron chi connectivity index (χ3n) is 10.0. The fraction of sp³-hybridized carbons (Fsp3) is 0.291. The topological polar surface area (TPSA) is 170 Å². The van der Waals surface area contributed by atoms with Gasteiger partial charge in [0.15, 0.2) is 12.1 Å². The van der Waals surface area contributed by atoms with Gasteiger partial charge in [-0.2, -0.15) is 0 Å². The summed E-state index contributed by atoms with van der Waals surface area (Å²) in [6, 6.07) is 36.8. The Morgan fingerprint density at radius 1 is 0.403 bits per heavy atom. The summed E-state index contributed by atoms with van der Waals surface area (Å²) in [5, 5.41) is 8.23. The molecule has 72 heavy (non-hydrogen) atoms. The van der Waals surface area contributed by atoms with Crippen LogP contribution in [0.3, 0.4) is 0 Å². The van der Waals surface area contributed by atoms with Crippen molar-refractivity contribution in [1.29, 1.82) is 0 Å². The summed E-state index contributed by atoms with van der Waals surface area (Å²) in [6.07, 6.45) is -1.01. The van der Waals surface area contributed by atoms with Crippen LogP contribution in [0.5, 0.6) is 34.5 Å². The van der Waals surface area contributed by atoms with Crippen molar-refractivity contribution in [2.24, 2.45) is 0 Å². The van der Waals surface area contributed by atoms with Crippen molar-refractivity contribution in [3.63, 3.8) is 0 Å². The molecule has 0 aromatic heterocycles. The number of ether oxygens (including phenoxy) is 9. The van der Waals surface area contributed by atoms with Crippen LogP contribution in [-0.4, -0.2) is 56.8 Å². The molecule has 6 aromatic carbocycles. The predicted molar refractivity (Wildman–Crippen MR) is 280 cm³/mol. The molecule has 3 N–H and O–H groups in total. The number of carbonyl (C=O) groups excluding carboxylic acids is 3. The molecule has 0 heterocycles. The first-order valence-corrected chi connectivity index (χ1v) is 24.3. The monoisotopic (exact) mass is 1030 g/mol. The fourth-order valence-corrected chi connectivity index (χ4v) is 7.19. The van der Waals surface area contributed by atoms with E-state index in [0.717, 1.165) is 39.1 Å². The van der Waals surface area contributed by atoms with Crippen molar-refractivity contribution in [1.82, 2.24) is 0 Å². The number of hydrogen-bond acceptors (Lipinski definition) is 12. The Kier molecular flexibility index (Phi) is 22.8. The average Bonchev–Trinajstić information content (AvgIpc) is 3.35. The van der Waals surface area contributed by atoms with Gasteiger partial charge in [-0.05, 0) is 148 Å². The lowest BCUT2D eigenvalue weighted by Gasteiger charge is -2.12. The number of anilines is 3. The van der Waals surface area contributed by atoms with Crippen LogP contribution in [-0.2, 0) is 40.5 Å². The smallest absolute Gasteiger partial charge is 0.411 e. The molecular formula is C55H61Cl2N3O12. The molecule has 0 aliphatic heterocycles. The number of amides is 3. The van der Waals surface area contributed by atoms with Crippen molar-refractivity contribution in [3.8, 4) is 34.5 Å². The predicted octanol–water partition coefficient (Wildman–Crippen LogP) is 13.6. The molecule has 0 aliphatic rings. The number of halogens is 2. The molecule has 382 valence electrons. The van der Waals surface area contributed by atoms with Crippen molar-refractivity contribution >= 4 is 58.5 Å². The zero-order valence-corrected chi connectivity index (χ0v) is 42.8. The first-order valence-electron chi connectivity index (χ1n) is 23.3. The maximum Gasteiger partial charge on any atom is 0.411 e. The van der Waals surface area contributed by atoms with E-state index in [-0.39, 0.29) is 32.0 Å². The van der Waals surface area contributed by atoms with Crippen molar-refractivity contribution in [3.05, 3.63) is 160 Å². The lowest BCUT2D eigenvalue weighted by atomic mass is 10.0. The lowest BCUT2D eigenvalue weighted by Crippen LogP contribution is -2.14. The molecule has 17 heteroatoms. The molecule has 0 bridgehead atoms. The molecule has 0 atom stereocenters. The van der Waals surface area contributed by atoms with E-state index in [1.165, 1.54) is 0 Å². The SMILES string of the molecule is CCOc1cc(COC(=O)Nc2ccc(C)cc2C)cc(OCCl)c1.CCOc1cc(COC(=O)Nc2ccc(Cc3ccc(NC(=O)OCc4cc(OCC)cc(OCCl)c4)cc3)cc2)cc(OCC)c1. The zero-order valence-electron chi connectivity index (χ0n) is 41.3. The molecule has 3 amide bonds. The van der Waals surface area contributed by atoms with Gasteiger partial charge in [-0.3, -0.25) is 16.0 Å². The molecule has 0 spiro atoms. The Morgan fingerprint density at radius 3 is 1.06 bits per heavy atom. The van der Waals surface area contributed by atoms with Crippen LogP contribution >= 0.6 is 23.2 Å². The van der Waals surface area contributed by atoms with E-state index in [1.807, 2.05) is 126 Å². The Hall–Kier alpha value is -7.49. The first-order chi connectivity index (χ1) is 34.9. The second-order valence-electron chi connectivity index (χ2n) is 15.7. The number of alkyl halides is 2. The van der Waals surface area contributed by atoms with Crippen molar-refractivity contribution < 1.29 is 57.0 Å². The normalized spacial score (nSPS) is 10.4. The number of carbonyl (C=O) groups is 3. The highest BCUT2D eigenvalue weighted by molar-refractivity contribution is 6.17. The lowest BCUT2D eigenvalue weighted by molar-refractivity contribution is 0.154. The fourth-order valence-electron chi connectivity index (χ4n) is 6.94. The van der Waals surface area contributed by atoms with Crippen molar-refractivity contribution in [2.75, 3.05) is 54.5 Å². The molecular weight excluding hydrogens is 966 g/mol. The minimum atomic E-state index is -0.588. The summed E-state index contributed by atoms with van der Waals surface area (Å²) in [4.78, 5) is 36.9. The largest absolute Gasteiger partial charge is 0.494 e. The highest BCUT2D eigenvalue weighted by Gasteiger charge is 2.12. The second-order valence-corrected chi connectivity index (χ2v) is 16.1. The minimum Gasteiger partial charge on any atom is -0.494 e. The van der Waals surface area contributed by atoms with E-state index in [2.05, 4.69) is 16.0 Å². The third-order valence-corrected chi connectivity index (χ3v) is 10.3. The van der Waals surface area contributed by atoms with Gasteiger partial charge in [-0.1, -0.05) is 65.2 Å². The number of nitrogens with one attached hydrogen (secondary N) is 3. The van der Waals surface area contributed by atoms with E-state index in [1.54, 1.807) is 36.4 Å². The summed E-state index contributed by atoms with van der Waals surface area (Å²) in [6.45, 7) is 13.8. The summed E-state index contributed by atoms with van der Waals surface area (Å²) in [5.41, 5.74) is 8.37. The van der Waals surface area contributed by atoms with E-state index < -0.39 is 18.3 Å². The van der Waals surface area contributed by atoms with Crippen LogP contribution in [0.1, 0.15) is 66.6 Å². The van der Waals surface area contributed by atoms with E-state index >= 15 is 0 Å². The van der Waals surface area contributed by atoms with Gasteiger partial charge in [0.1, 0.15) is 54.3 Å². The number of aryl methyl sites for hydroxylation is 2. The van der Waals surface area contributed by atoms with Gasteiger partial charge >= 0.3 is 18.3 Å². The molecule has 0 radical (unpaired) electrons. The Bertz CT molecular complexity index is 2480. The van der Waals surface area contributed by atoms with Crippen LogP contribution in [0.25, 0.3) is 0 Å². The van der Waals surface area contributed by atoms with Gasteiger partial charge in [0.25, 0.3) is 0 Å². The molecule has 0 aliphatic carbocycles. The Labute approximate surface area is 430 Å². The van der Waals surface area contributed by atoms with Crippen LogP contribution in [0, 0.1) is 13.8 Å². The number of rotatable bonds is 23. The van der Waals surface area contributed by atoms with Gasteiger partial charge in [0.2, 0.25) is 0 Å². The molecule has 0 saturated heterocycles. The summed E-state index contributed by atoms with van der Waals surface area (Å²) in [7, 11) is 0. The standard InChI is InChI=1S/C36H39ClN2O8.C19H22ClNO4/c1-4-42-31-16-27(17-32(20-31)43-5-2)22-45-35(40)38-29-11-7-25(8-12-29)15-26-9-13-30(14-10-26)39-36(41)46-23-28-18-33(44-6-3)21-34(19-28)47-24-37;1-4-23-16-8-15(9-17(10-16)25-12-20)11-24-19(22)21-18-6-5-13(2)7-14(18)3/h7-14,16-21H,4-6,15,22-24H2,1-3H3,(H,38,40)(H,39,41);5-10H,4,11-12H2,1-3H3,(H,21,22). The molecule has 0 saturated carbocycles. The van der Waals surface area contributed by atoms with Crippen LogP contribution in [0.2, 0.25) is 0 Å². The quantitative estimate of drug-likeness (QED) is 0.0411. The van der Waals surface area contributed by atoms with Crippen molar-refractivity contribution in [2.45, 2.75) is 67.8 Å². The van der Waals surface area contributed by atoms with Gasteiger partial charge in [-0.25, -0.2) is 14.4 Å². The summed E-state index contributed by atoms with van der Waals surface area (Å²) < 4.78 is 48.9. The Morgan fingerprint density at radius 2 is 0.736 bits per heavy atom. The molecule has 6 rings (SSSR count). The van der Waals surface area contributed by atoms with E-state index in [9.17, 15) is 14.4 Å². The van der Waals surface area contributed by atoms with E-state index in [0.29, 0.717) is 84.3 Å². The highest BCUT2D eigenvalue weighted by atomic mass is 35.5. The Balaban J connectivity index is 0.000000323. The molecule has 0 unspecified atom stereocenters. The number of hydrogen-bond donors (Lipinski definition) is 3. The molecule has 0 fully saturated rings. The summed E-state index contributed by atoms with van der Waals surface area (Å²) >= 11 is 11.3. The number of benzene rings is 6. The summed E-state index contributed by atoms with van der Waals surface area (Å²) in [5.74, 6) is 3.65. The van der Waals surface area contributed by atoms with Crippen LogP contribution in [0.4, 0.5) is 31.4 Å². The zero-order chi connectivity index (χ0) is 51.7. The van der Waals surface area contributed by atoms with Gasteiger partial charge in [0, 0.05) is 35.3 Å². The third kappa shape index (κ3) is 19.4. The van der Waals surface area contributed by atoms with Gasteiger partial charge < -0.3 is 42.6 Å². The second kappa shape index (κ2) is 29.6. The van der Waals surface area contributed by atoms with Crippen LogP contribution in [0.15, 0.2) is 121 Å². The highest BCUT2D eigenvalue weighted by Crippen LogP contribution is 2.27. The maximum atomic E-state index is 12.4. The molecule has 15 nitrogen and oxygen atoms in total. The first kappa shape index (κ1) is 55.4. The minimum absolute atomic E-state index is 0.00525. The van der Waals surface area contributed by atoms with Gasteiger partial charge in [0.05, 0.1) is 26.4 Å². The van der Waals surface area contributed by atoms with E-state index in [4.69, 9.17) is 65.8 Å². The maximum absolute atomic E-state index is 12.4.